The fourth-order valence-corrected chi connectivity index (χ4v) is 4.06. The zero-order valence-corrected chi connectivity index (χ0v) is 13.8. The zero-order chi connectivity index (χ0) is 15.7. The molecular formula is C16H21N3O2S. The molecule has 0 amide bonds. The van der Waals surface area contributed by atoms with E-state index in [1.807, 2.05) is 36.7 Å². The Morgan fingerprint density at radius 1 is 1.18 bits per heavy atom. The van der Waals surface area contributed by atoms with Crippen molar-refractivity contribution in [3.8, 4) is 0 Å². The first-order valence-corrected chi connectivity index (χ1v) is 9.06. The number of rotatable bonds is 5. The molecule has 0 atom stereocenters. The van der Waals surface area contributed by atoms with Gasteiger partial charge in [-0.25, -0.2) is 13.1 Å². The van der Waals surface area contributed by atoms with Gasteiger partial charge in [0.1, 0.15) is 0 Å². The highest BCUT2D eigenvalue weighted by Gasteiger charge is 2.18. The van der Waals surface area contributed by atoms with E-state index in [0.29, 0.717) is 18.0 Å². The molecule has 3 rings (SSSR count). The summed E-state index contributed by atoms with van der Waals surface area (Å²) in [6, 6.07) is 7.44. The second-order valence-electron chi connectivity index (χ2n) is 5.83. The van der Waals surface area contributed by atoms with Gasteiger partial charge in [-0.05, 0) is 62.4 Å². The first kappa shape index (κ1) is 15.2. The molecule has 5 nitrogen and oxygen atoms in total. The highest BCUT2D eigenvalue weighted by atomic mass is 32.2. The number of hydrogen-bond acceptors (Lipinski definition) is 3. The summed E-state index contributed by atoms with van der Waals surface area (Å²) < 4.78 is 29.2. The lowest BCUT2D eigenvalue weighted by Gasteiger charge is -2.09. The van der Waals surface area contributed by atoms with Crippen molar-refractivity contribution in [3.05, 3.63) is 46.8 Å². The van der Waals surface area contributed by atoms with Crippen molar-refractivity contribution in [2.45, 2.75) is 44.6 Å². The average molecular weight is 319 g/mol. The van der Waals surface area contributed by atoms with Crippen molar-refractivity contribution in [1.29, 1.82) is 0 Å². The second-order valence-corrected chi connectivity index (χ2v) is 7.60. The summed E-state index contributed by atoms with van der Waals surface area (Å²) in [5, 5.41) is 4.33. The lowest BCUT2D eigenvalue weighted by molar-refractivity contribution is 0.554. The Balaban J connectivity index is 1.67. The Morgan fingerprint density at radius 3 is 2.68 bits per heavy atom. The summed E-state index contributed by atoms with van der Waals surface area (Å²) in [7, 11) is -3.45. The van der Waals surface area contributed by atoms with Crippen LogP contribution in [0.5, 0.6) is 0 Å². The molecule has 1 aliphatic carbocycles. The van der Waals surface area contributed by atoms with Gasteiger partial charge in [0.25, 0.3) is 0 Å². The summed E-state index contributed by atoms with van der Waals surface area (Å²) in [5.41, 5.74) is 4.43. The van der Waals surface area contributed by atoms with Crippen molar-refractivity contribution >= 4 is 10.0 Å². The van der Waals surface area contributed by atoms with Gasteiger partial charge in [-0.2, -0.15) is 5.10 Å². The van der Waals surface area contributed by atoms with Crippen LogP contribution < -0.4 is 4.72 Å². The van der Waals surface area contributed by atoms with E-state index in [9.17, 15) is 8.42 Å². The zero-order valence-electron chi connectivity index (χ0n) is 13.0. The molecule has 22 heavy (non-hydrogen) atoms. The van der Waals surface area contributed by atoms with Crippen molar-refractivity contribution in [1.82, 2.24) is 14.5 Å². The summed E-state index contributed by atoms with van der Waals surface area (Å²) in [6.45, 7) is 4.76. The maximum atomic E-state index is 12.4. The third-order valence-electron chi connectivity index (χ3n) is 4.10. The predicted octanol–water partition coefficient (Wildman–Crippen LogP) is 1.97. The van der Waals surface area contributed by atoms with Gasteiger partial charge in [0.15, 0.2) is 0 Å². The van der Waals surface area contributed by atoms with E-state index in [-0.39, 0.29) is 0 Å². The molecule has 0 aliphatic heterocycles. The summed E-state index contributed by atoms with van der Waals surface area (Å²) in [5.74, 6) is 0. The van der Waals surface area contributed by atoms with Crippen LogP contribution in [0.25, 0.3) is 0 Å². The molecule has 118 valence electrons. The van der Waals surface area contributed by atoms with Crippen molar-refractivity contribution in [2.24, 2.45) is 0 Å². The fraction of sp³-hybridized carbons (Fsp3) is 0.438. The molecule has 1 aromatic heterocycles. The highest BCUT2D eigenvalue weighted by molar-refractivity contribution is 7.89. The number of sulfonamides is 1. The van der Waals surface area contributed by atoms with Gasteiger partial charge in [0.2, 0.25) is 10.0 Å². The van der Waals surface area contributed by atoms with Crippen LogP contribution in [0, 0.1) is 13.8 Å². The fourth-order valence-electron chi connectivity index (χ4n) is 2.99. The van der Waals surface area contributed by atoms with Crippen molar-refractivity contribution < 1.29 is 8.42 Å². The quantitative estimate of drug-likeness (QED) is 0.916. The topological polar surface area (TPSA) is 64.0 Å². The average Bonchev–Trinajstić information content (AvgIpc) is 3.04. The van der Waals surface area contributed by atoms with Crippen molar-refractivity contribution in [2.75, 3.05) is 6.54 Å². The predicted molar refractivity (Wildman–Crippen MR) is 85.4 cm³/mol. The van der Waals surface area contributed by atoms with E-state index in [1.165, 1.54) is 11.1 Å². The minimum Gasteiger partial charge on any atom is -0.268 e. The minimum absolute atomic E-state index is 0.335. The van der Waals surface area contributed by atoms with Gasteiger partial charge in [-0.15, -0.1) is 0 Å². The van der Waals surface area contributed by atoms with Crippen molar-refractivity contribution in [3.63, 3.8) is 0 Å². The smallest absolute Gasteiger partial charge is 0.240 e. The molecular weight excluding hydrogens is 298 g/mol. The van der Waals surface area contributed by atoms with E-state index in [2.05, 4.69) is 9.82 Å². The molecule has 0 fully saturated rings. The molecule has 1 aromatic carbocycles. The number of nitrogens with one attached hydrogen (secondary N) is 1. The molecule has 0 saturated heterocycles. The number of hydrogen-bond donors (Lipinski definition) is 1. The third-order valence-corrected chi connectivity index (χ3v) is 5.56. The van der Waals surface area contributed by atoms with E-state index in [0.717, 1.165) is 30.7 Å². The number of nitrogens with zero attached hydrogens (tertiary/aromatic N) is 2. The Kier molecular flexibility index (Phi) is 4.06. The molecule has 1 aliphatic rings. The minimum atomic E-state index is -3.45. The van der Waals surface area contributed by atoms with Gasteiger partial charge >= 0.3 is 0 Å². The maximum absolute atomic E-state index is 12.4. The molecule has 0 spiro atoms. The highest BCUT2D eigenvalue weighted by Crippen LogP contribution is 2.24. The van der Waals surface area contributed by atoms with Crippen LogP contribution in [0.4, 0.5) is 0 Å². The largest absolute Gasteiger partial charge is 0.268 e. The van der Waals surface area contributed by atoms with Crippen LogP contribution in [-0.4, -0.2) is 24.7 Å². The number of benzene rings is 1. The summed E-state index contributed by atoms with van der Waals surface area (Å²) >= 11 is 0. The molecule has 6 heteroatoms. The number of fused-ring (bicyclic) bond motifs is 1. The van der Waals surface area contributed by atoms with Gasteiger partial charge in [0, 0.05) is 12.2 Å². The van der Waals surface area contributed by atoms with Crippen LogP contribution in [0.1, 0.15) is 28.9 Å². The Hall–Kier alpha value is -1.66. The van der Waals surface area contributed by atoms with E-state index < -0.39 is 10.0 Å². The number of aromatic nitrogens is 2. The van der Waals surface area contributed by atoms with Gasteiger partial charge in [0.05, 0.1) is 17.1 Å². The Morgan fingerprint density at radius 2 is 1.95 bits per heavy atom. The van der Waals surface area contributed by atoms with Crippen LogP contribution >= 0.6 is 0 Å². The Bertz CT molecular complexity index is 794. The Labute approximate surface area is 131 Å². The lowest BCUT2D eigenvalue weighted by atomic mass is 10.1. The first-order chi connectivity index (χ1) is 10.5. The SMILES string of the molecule is Cc1cc(C)n(CCNS(=O)(=O)c2ccc3c(c2)CCC3)n1. The molecule has 2 aromatic rings. The van der Waals surface area contributed by atoms with Crippen LogP contribution in [0.2, 0.25) is 0 Å². The van der Waals surface area contributed by atoms with E-state index in [1.54, 1.807) is 6.07 Å². The van der Waals surface area contributed by atoms with Crippen LogP contribution in [-0.2, 0) is 29.4 Å². The van der Waals surface area contributed by atoms with E-state index in [4.69, 9.17) is 0 Å². The van der Waals surface area contributed by atoms with Crippen LogP contribution in [0.15, 0.2) is 29.2 Å². The monoisotopic (exact) mass is 319 g/mol. The van der Waals surface area contributed by atoms with Gasteiger partial charge in [-0.1, -0.05) is 6.07 Å². The summed E-state index contributed by atoms with van der Waals surface area (Å²) in [6.07, 6.45) is 3.15. The normalized spacial score (nSPS) is 14.3. The standard InChI is InChI=1S/C16H21N3O2S/c1-12-10-13(2)19(18-12)9-8-17-22(20,21)16-7-6-14-4-3-5-15(14)11-16/h6-7,10-11,17H,3-5,8-9H2,1-2H3. The lowest BCUT2D eigenvalue weighted by Crippen LogP contribution is -2.28. The molecule has 0 saturated carbocycles. The molecule has 0 bridgehead atoms. The maximum Gasteiger partial charge on any atom is 0.240 e. The molecule has 0 unspecified atom stereocenters. The van der Waals surface area contributed by atoms with Gasteiger partial charge in [-0.3, -0.25) is 4.68 Å². The molecule has 0 radical (unpaired) electrons. The van der Waals surface area contributed by atoms with Crippen LogP contribution in [0.3, 0.4) is 0 Å². The molecule has 1 N–H and O–H groups in total. The molecule has 1 heterocycles. The first-order valence-electron chi connectivity index (χ1n) is 7.58. The van der Waals surface area contributed by atoms with Gasteiger partial charge < -0.3 is 0 Å². The number of aryl methyl sites for hydroxylation is 4. The third kappa shape index (κ3) is 3.08. The van der Waals surface area contributed by atoms with E-state index >= 15 is 0 Å². The second kappa shape index (κ2) is 5.85. The summed E-state index contributed by atoms with van der Waals surface area (Å²) in [4.78, 5) is 0.363.